The van der Waals surface area contributed by atoms with Crippen LogP contribution in [-0.4, -0.2) is 34.6 Å². The quantitative estimate of drug-likeness (QED) is 0.581. The van der Waals surface area contributed by atoms with Crippen molar-refractivity contribution in [1.29, 1.82) is 0 Å². The summed E-state index contributed by atoms with van der Waals surface area (Å²) in [6.07, 6.45) is -2.75. The summed E-state index contributed by atoms with van der Waals surface area (Å²) in [5.74, 6) is 1.49. The smallest absolute Gasteiger partial charge is 0.299 e. The van der Waals surface area contributed by atoms with E-state index in [-0.39, 0.29) is 5.65 Å². The second-order valence-corrected chi connectivity index (χ2v) is 6.04. The van der Waals surface area contributed by atoms with Crippen molar-refractivity contribution in [3.63, 3.8) is 0 Å². The van der Waals surface area contributed by atoms with Crippen LogP contribution in [0.25, 0.3) is 5.65 Å². The molecule has 0 aliphatic carbocycles. The van der Waals surface area contributed by atoms with Crippen LogP contribution in [0, 0.1) is 13.8 Å². The molecule has 1 N–H and O–H groups in total. The van der Waals surface area contributed by atoms with E-state index >= 15 is 0 Å². The summed E-state index contributed by atoms with van der Waals surface area (Å²) in [5.41, 5.74) is 2.06. The number of hydrogen-bond donors (Lipinski definition) is 1. The fourth-order valence-corrected chi connectivity index (χ4v) is 2.79. The molecule has 0 radical (unpaired) electrons. The Morgan fingerprint density at radius 2 is 1.93 bits per heavy atom. The van der Waals surface area contributed by atoms with Gasteiger partial charge < -0.3 is 5.32 Å². The van der Waals surface area contributed by atoms with Gasteiger partial charge in [0.15, 0.2) is 11.5 Å². The van der Waals surface area contributed by atoms with E-state index in [2.05, 4.69) is 30.7 Å². The lowest BCUT2D eigenvalue weighted by atomic mass is 10.2. The normalized spacial score (nSPS) is 11.4. The van der Waals surface area contributed by atoms with Crippen LogP contribution >= 0.6 is 0 Å². The lowest BCUT2D eigenvalue weighted by molar-refractivity contribution is 0.137. The molecule has 4 aromatic rings. The number of nitrogens with one attached hydrogen (secondary N) is 1. The lowest BCUT2D eigenvalue weighted by Gasteiger charge is -2.09. The average molecular weight is 370 g/mol. The molecule has 0 saturated carbocycles. The minimum Gasteiger partial charge on any atom is -0.339 e. The maximum Gasteiger partial charge on any atom is 0.299 e. The Balaban J connectivity index is 1.58. The molecular formula is C17H16F2N8. The molecule has 0 aliphatic rings. The van der Waals surface area contributed by atoms with Gasteiger partial charge >= 0.3 is 0 Å². The first-order chi connectivity index (χ1) is 13.0. The molecule has 0 amide bonds. The Labute approximate surface area is 152 Å². The second-order valence-electron chi connectivity index (χ2n) is 6.04. The summed E-state index contributed by atoms with van der Waals surface area (Å²) in [4.78, 5) is 4.29. The monoisotopic (exact) mass is 370 g/mol. The van der Waals surface area contributed by atoms with E-state index in [0.29, 0.717) is 12.4 Å². The van der Waals surface area contributed by atoms with E-state index in [1.165, 1.54) is 0 Å². The molecule has 138 valence electrons. The SMILES string of the molecule is Cc1nc(C)n(Cc2cccc(Nc3ccc4nnc(C(F)F)n4n3)c2)n1. The fourth-order valence-electron chi connectivity index (χ4n) is 2.79. The number of aryl methyl sites for hydroxylation is 2. The van der Waals surface area contributed by atoms with Crippen molar-refractivity contribution in [2.24, 2.45) is 0 Å². The molecule has 0 unspecified atom stereocenters. The van der Waals surface area contributed by atoms with Crippen LogP contribution < -0.4 is 5.32 Å². The highest BCUT2D eigenvalue weighted by Crippen LogP contribution is 2.20. The molecule has 3 heterocycles. The minimum atomic E-state index is -2.75. The van der Waals surface area contributed by atoms with E-state index in [0.717, 1.165) is 27.4 Å². The van der Waals surface area contributed by atoms with Gasteiger partial charge in [0, 0.05) is 5.69 Å². The molecule has 0 spiro atoms. The molecule has 4 rings (SSSR count). The molecule has 8 nitrogen and oxygen atoms in total. The molecule has 3 aromatic heterocycles. The summed E-state index contributed by atoms with van der Waals surface area (Å²) >= 11 is 0. The number of hydrogen-bond acceptors (Lipinski definition) is 6. The zero-order chi connectivity index (χ0) is 19.0. The standard InChI is InChI=1S/C17H16F2N8/c1-10-20-11(2)26(24-10)9-12-4-3-5-13(8-12)21-14-6-7-15-22-23-17(16(18)19)27(15)25-14/h3-8,16H,9H2,1-2H3,(H,21,25). The average Bonchev–Trinajstić information content (AvgIpc) is 3.18. The molecule has 0 aliphatic heterocycles. The Morgan fingerprint density at radius 1 is 1.07 bits per heavy atom. The summed E-state index contributed by atoms with van der Waals surface area (Å²) < 4.78 is 28.8. The number of rotatable bonds is 5. The van der Waals surface area contributed by atoms with E-state index < -0.39 is 12.2 Å². The van der Waals surface area contributed by atoms with Crippen molar-refractivity contribution < 1.29 is 8.78 Å². The van der Waals surface area contributed by atoms with Crippen LogP contribution in [0.5, 0.6) is 0 Å². The van der Waals surface area contributed by atoms with Crippen LogP contribution in [0.1, 0.15) is 29.5 Å². The third kappa shape index (κ3) is 3.46. The molecule has 1 aromatic carbocycles. The maximum atomic E-state index is 13.0. The molecular weight excluding hydrogens is 354 g/mol. The van der Waals surface area contributed by atoms with Crippen LogP contribution in [0.3, 0.4) is 0 Å². The van der Waals surface area contributed by atoms with Crippen molar-refractivity contribution >= 4 is 17.2 Å². The van der Waals surface area contributed by atoms with Gasteiger partial charge in [-0.1, -0.05) is 12.1 Å². The van der Waals surface area contributed by atoms with Crippen LogP contribution in [-0.2, 0) is 6.54 Å². The van der Waals surface area contributed by atoms with Gasteiger partial charge in [0.1, 0.15) is 11.6 Å². The van der Waals surface area contributed by atoms with Gasteiger partial charge in [0.05, 0.1) is 6.54 Å². The predicted molar refractivity (Wildman–Crippen MR) is 94.1 cm³/mol. The van der Waals surface area contributed by atoms with Gasteiger partial charge in [0.2, 0.25) is 5.82 Å². The third-order valence-electron chi connectivity index (χ3n) is 3.98. The first-order valence-corrected chi connectivity index (χ1v) is 8.24. The number of nitrogens with zero attached hydrogens (tertiary/aromatic N) is 7. The molecule has 0 bridgehead atoms. The number of anilines is 2. The van der Waals surface area contributed by atoms with Gasteiger partial charge in [-0.05, 0) is 43.7 Å². The third-order valence-corrected chi connectivity index (χ3v) is 3.98. The summed E-state index contributed by atoms with van der Waals surface area (Å²) in [5, 5.41) is 18.8. The molecule has 0 fully saturated rings. The van der Waals surface area contributed by atoms with Crippen molar-refractivity contribution in [3.05, 3.63) is 59.4 Å². The highest BCUT2D eigenvalue weighted by atomic mass is 19.3. The number of halogens is 2. The molecule has 0 saturated heterocycles. The fraction of sp³-hybridized carbons (Fsp3) is 0.235. The minimum absolute atomic E-state index is 0.265. The second kappa shape index (κ2) is 6.71. The summed E-state index contributed by atoms with van der Waals surface area (Å²) in [7, 11) is 0. The van der Waals surface area contributed by atoms with Crippen LogP contribution in [0.4, 0.5) is 20.3 Å². The van der Waals surface area contributed by atoms with Crippen LogP contribution in [0.15, 0.2) is 36.4 Å². The largest absolute Gasteiger partial charge is 0.339 e. The maximum absolute atomic E-state index is 13.0. The Hall–Kier alpha value is -3.43. The van der Waals surface area contributed by atoms with Gasteiger partial charge in [-0.2, -0.15) is 9.61 Å². The van der Waals surface area contributed by atoms with E-state index in [1.54, 1.807) is 12.1 Å². The van der Waals surface area contributed by atoms with E-state index in [4.69, 9.17) is 0 Å². The van der Waals surface area contributed by atoms with Gasteiger partial charge in [-0.25, -0.2) is 18.4 Å². The van der Waals surface area contributed by atoms with Gasteiger partial charge in [-0.15, -0.1) is 15.3 Å². The van der Waals surface area contributed by atoms with Crippen molar-refractivity contribution in [2.45, 2.75) is 26.8 Å². The highest BCUT2D eigenvalue weighted by Gasteiger charge is 2.17. The van der Waals surface area contributed by atoms with E-state index in [1.807, 2.05) is 42.8 Å². The Kier molecular flexibility index (Phi) is 4.22. The van der Waals surface area contributed by atoms with Crippen LogP contribution in [0.2, 0.25) is 0 Å². The van der Waals surface area contributed by atoms with E-state index in [9.17, 15) is 8.78 Å². The molecule has 27 heavy (non-hydrogen) atoms. The number of fused-ring (bicyclic) bond motifs is 1. The topological polar surface area (TPSA) is 85.8 Å². The first kappa shape index (κ1) is 17.0. The Bertz CT molecular complexity index is 1100. The van der Waals surface area contributed by atoms with Gasteiger partial charge in [0.25, 0.3) is 6.43 Å². The zero-order valence-electron chi connectivity index (χ0n) is 14.6. The Morgan fingerprint density at radius 3 is 2.67 bits per heavy atom. The first-order valence-electron chi connectivity index (χ1n) is 8.24. The highest BCUT2D eigenvalue weighted by molar-refractivity contribution is 5.58. The summed E-state index contributed by atoms with van der Waals surface area (Å²) in [6.45, 7) is 4.33. The van der Waals surface area contributed by atoms with Crippen molar-refractivity contribution in [1.82, 2.24) is 34.6 Å². The number of benzene rings is 1. The lowest BCUT2D eigenvalue weighted by Crippen LogP contribution is -2.05. The number of aromatic nitrogens is 7. The van der Waals surface area contributed by atoms with Crippen molar-refractivity contribution in [2.75, 3.05) is 5.32 Å². The predicted octanol–water partition coefficient (Wildman–Crippen LogP) is 3.06. The molecule has 0 atom stereocenters. The number of alkyl halides is 2. The van der Waals surface area contributed by atoms with Crippen molar-refractivity contribution in [3.8, 4) is 0 Å². The van der Waals surface area contributed by atoms with Gasteiger partial charge in [-0.3, -0.25) is 0 Å². The summed E-state index contributed by atoms with van der Waals surface area (Å²) in [6, 6.07) is 10.9. The molecule has 10 heteroatoms. The zero-order valence-corrected chi connectivity index (χ0v) is 14.6.